The van der Waals surface area contributed by atoms with Crippen LogP contribution in [0.5, 0.6) is 0 Å². The molecular formula is C14H25N3O4. The third kappa shape index (κ3) is 4.61. The Morgan fingerprint density at radius 1 is 1.33 bits per heavy atom. The minimum Gasteiger partial charge on any atom is -0.481 e. The summed E-state index contributed by atoms with van der Waals surface area (Å²) < 4.78 is 0. The highest BCUT2D eigenvalue weighted by Crippen LogP contribution is 2.35. The van der Waals surface area contributed by atoms with Gasteiger partial charge < -0.3 is 20.6 Å². The summed E-state index contributed by atoms with van der Waals surface area (Å²) in [6.07, 6.45) is 1.78. The molecular weight excluding hydrogens is 274 g/mol. The molecule has 1 atom stereocenters. The first-order valence-electron chi connectivity index (χ1n) is 7.36. The average Bonchev–Trinajstić information content (AvgIpc) is 2.81. The van der Waals surface area contributed by atoms with Gasteiger partial charge in [-0.25, -0.2) is 4.79 Å². The predicted octanol–water partition coefficient (Wildman–Crippen LogP) is 0.797. The lowest BCUT2D eigenvalue weighted by molar-refractivity contribution is -0.148. The molecule has 21 heavy (non-hydrogen) atoms. The summed E-state index contributed by atoms with van der Waals surface area (Å²) in [7, 11) is 0. The molecule has 120 valence electrons. The molecule has 3 amide bonds. The highest BCUT2D eigenvalue weighted by molar-refractivity contribution is 5.85. The molecule has 0 saturated carbocycles. The first-order valence-corrected chi connectivity index (χ1v) is 7.36. The lowest BCUT2D eigenvalue weighted by Crippen LogP contribution is -2.46. The normalized spacial score (nSPS) is 21.4. The van der Waals surface area contributed by atoms with E-state index in [-0.39, 0.29) is 31.1 Å². The van der Waals surface area contributed by atoms with Crippen molar-refractivity contribution in [3.63, 3.8) is 0 Å². The maximum atomic E-state index is 12.0. The van der Waals surface area contributed by atoms with Crippen molar-refractivity contribution in [1.82, 2.24) is 15.5 Å². The molecule has 0 aromatic rings. The molecule has 1 saturated heterocycles. The number of rotatable bonds is 6. The quantitative estimate of drug-likeness (QED) is 0.675. The second-order valence-corrected chi connectivity index (χ2v) is 5.89. The molecule has 0 aromatic carbocycles. The number of likely N-dealkylation sites (tertiary alicyclic amines) is 1. The number of nitrogens with zero attached hydrogens (tertiary/aromatic N) is 1. The van der Waals surface area contributed by atoms with Crippen LogP contribution >= 0.6 is 0 Å². The van der Waals surface area contributed by atoms with Gasteiger partial charge in [0.15, 0.2) is 0 Å². The van der Waals surface area contributed by atoms with Crippen molar-refractivity contribution in [2.75, 3.05) is 19.6 Å². The number of hydrogen-bond donors (Lipinski definition) is 3. The fraction of sp³-hybridized carbons (Fsp3) is 0.786. The highest BCUT2D eigenvalue weighted by Gasteiger charge is 2.45. The first-order chi connectivity index (χ1) is 9.80. The molecule has 1 unspecified atom stereocenters. The van der Waals surface area contributed by atoms with Gasteiger partial charge >= 0.3 is 12.0 Å². The van der Waals surface area contributed by atoms with Crippen molar-refractivity contribution >= 4 is 17.9 Å². The monoisotopic (exact) mass is 299 g/mol. The van der Waals surface area contributed by atoms with Crippen LogP contribution in [-0.2, 0) is 9.59 Å². The maximum absolute atomic E-state index is 12.0. The van der Waals surface area contributed by atoms with E-state index in [9.17, 15) is 19.5 Å². The number of carboxylic acids is 1. The van der Waals surface area contributed by atoms with Crippen LogP contribution in [-0.4, -0.2) is 53.6 Å². The van der Waals surface area contributed by atoms with Crippen LogP contribution in [0.3, 0.4) is 0 Å². The van der Waals surface area contributed by atoms with Gasteiger partial charge in [-0.2, -0.15) is 0 Å². The van der Waals surface area contributed by atoms with Gasteiger partial charge in [-0.1, -0.05) is 13.3 Å². The van der Waals surface area contributed by atoms with E-state index < -0.39 is 11.4 Å². The van der Waals surface area contributed by atoms with Gasteiger partial charge in [-0.3, -0.25) is 9.59 Å². The standard InChI is InChI=1S/C14H25N3O4/c1-4-5-14(12(19)20)6-7-17(9-14)13(21)15-8-11(18)16-10(2)3/h10H,4-9H2,1-3H3,(H,15,21)(H,16,18)(H,19,20). The van der Waals surface area contributed by atoms with Crippen LogP contribution in [0.1, 0.15) is 40.0 Å². The molecule has 1 aliphatic rings. The molecule has 0 radical (unpaired) electrons. The summed E-state index contributed by atoms with van der Waals surface area (Å²) in [6.45, 7) is 6.13. The average molecular weight is 299 g/mol. The minimum atomic E-state index is -0.850. The number of nitrogens with one attached hydrogen (secondary N) is 2. The van der Waals surface area contributed by atoms with Crippen LogP contribution in [0, 0.1) is 5.41 Å². The SMILES string of the molecule is CCCC1(C(=O)O)CCN(C(=O)NCC(=O)NC(C)C)C1. The van der Waals surface area contributed by atoms with Crippen molar-refractivity contribution in [1.29, 1.82) is 0 Å². The molecule has 1 heterocycles. The van der Waals surface area contributed by atoms with Crippen LogP contribution in [0.4, 0.5) is 4.79 Å². The Kier molecular flexibility index (Phi) is 5.99. The molecule has 3 N–H and O–H groups in total. The number of carbonyl (C=O) groups is 3. The van der Waals surface area contributed by atoms with E-state index in [1.807, 2.05) is 20.8 Å². The number of amides is 3. The second-order valence-electron chi connectivity index (χ2n) is 5.89. The Balaban J connectivity index is 2.50. The molecule has 7 nitrogen and oxygen atoms in total. The van der Waals surface area contributed by atoms with Crippen molar-refractivity contribution in [3.05, 3.63) is 0 Å². The predicted molar refractivity (Wildman–Crippen MR) is 77.8 cm³/mol. The number of carboxylic acid groups (broad SMARTS) is 1. The Bertz CT molecular complexity index is 411. The zero-order chi connectivity index (χ0) is 16.0. The third-order valence-electron chi connectivity index (χ3n) is 3.67. The molecule has 7 heteroatoms. The fourth-order valence-electron chi connectivity index (χ4n) is 2.65. The minimum absolute atomic E-state index is 0.0189. The Labute approximate surface area is 125 Å². The largest absolute Gasteiger partial charge is 0.481 e. The van der Waals surface area contributed by atoms with E-state index in [1.54, 1.807) is 0 Å². The van der Waals surface area contributed by atoms with Gasteiger partial charge in [0.05, 0.1) is 12.0 Å². The van der Waals surface area contributed by atoms with Gasteiger partial charge in [-0.15, -0.1) is 0 Å². The lowest BCUT2D eigenvalue weighted by atomic mass is 9.83. The molecule has 0 bridgehead atoms. The van der Waals surface area contributed by atoms with Crippen LogP contribution < -0.4 is 10.6 Å². The van der Waals surface area contributed by atoms with Crippen molar-refractivity contribution in [2.45, 2.75) is 46.1 Å². The van der Waals surface area contributed by atoms with E-state index in [0.29, 0.717) is 19.4 Å². The van der Waals surface area contributed by atoms with Crippen molar-refractivity contribution in [3.8, 4) is 0 Å². The lowest BCUT2D eigenvalue weighted by Gasteiger charge is -2.24. The van der Waals surface area contributed by atoms with Gasteiger partial charge in [0.2, 0.25) is 5.91 Å². The first kappa shape index (κ1) is 17.3. The topological polar surface area (TPSA) is 98.7 Å². The zero-order valence-electron chi connectivity index (χ0n) is 12.9. The van der Waals surface area contributed by atoms with Crippen molar-refractivity contribution in [2.24, 2.45) is 5.41 Å². The Morgan fingerprint density at radius 2 is 2.00 bits per heavy atom. The molecule has 1 rings (SSSR count). The maximum Gasteiger partial charge on any atom is 0.317 e. The summed E-state index contributed by atoms with van der Waals surface area (Å²) >= 11 is 0. The molecule has 1 fully saturated rings. The van der Waals surface area contributed by atoms with Crippen molar-refractivity contribution < 1.29 is 19.5 Å². The molecule has 0 spiro atoms. The van der Waals surface area contributed by atoms with Gasteiger partial charge in [0, 0.05) is 19.1 Å². The number of carbonyl (C=O) groups excluding carboxylic acids is 2. The van der Waals surface area contributed by atoms with Crippen LogP contribution in [0.15, 0.2) is 0 Å². The third-order valence-corrected chi connectivity index (χ3v) is 3.67. The van der Waals surface area contributed by atoms with Gasteiger partial charge in [-0.05, 0) is 26.7 Å². The van der Waals surface area contributed by atoms with Crippen LogP contribution in [0.25, 0.3) is 0 Å². The second kappa shape index (κ2) is 7.28. The van der Waals surface area contributed by atoms with Gasteiger partial charge in [0.1, 0.15) is 0 Å². The summed E-state index contributed by atoms with van der Waals surface area (Å²) in [5.41, 5.74) is -0.841. The molecule has 1 aliphatic heterocycles. The summed E-state index contributed by atoms with van der Waals surface area (Å²) in [6, 6.07) is -0.362. The van der Waals surface area contributed by atoms with Gasteiger partial charge in [0.25, 0.3) is 0 Å². The number of urea groups is 1. The van der Waals surface area contributed by atoms with E-state index >= 15 is 0 Å². The molecule has 0 aliphatic carbocycles. The summed E-state index contributed by atoms with van der Waals surface area (Å²) in [5, 5.41) is 14.6. The van der Waals surface area contributed by atoms with E-state index in [1.165, 1.54) is 4.90 Å². The van der Waals surface area contributed by atoms with E-state index in [4.69, 9.17) is 0 Å². The Hall–Kier alpha value is -1.79. The number of hydrogen-bond acceptors (Lipinski definition) is 3. The fourth-order valence-corrected chi connectivity index (χ4v) is 2.65. The summed E-state index contributed by atoms with van der Waals surface area (Å²) in [5.74, 6) is -1.10. The summed E-state index contributed by atoms with van der Waals surface area (Å²) in [4.78, 5) is 36.4. The smallest absolute Gasteiger partial charge is 0.317 e. The highest BCUT2D eigenvalue weighted by atomic mass is 16.4. The van der Waals surface area contributed by atoms with E-state index in [0.717, 1.165) is 6.42 Å². The van der Waals surface area contributed by atoms with Crippen LogP contribution in [0.2, 0.25) is 0 Å². The zero-order valence-corrected chi connectivity index (χ0v) is 12.9. The number of aliphatic carboxylic acids is 1. The Morgan fingerprint density at radius 3 is 2.52 bits per heavy atom. The van der Waals surface area contributed by atoms with E-state index in [2.05, 4.69) is 10.6 Å². The molecule has 0 aromatic heterocycles.